The predicted octanol–water partition coefficient (Wildman–Crippen LogP) is 4.70. The maximum atomic E-state index is 12.3. The zero-order chi connectivity index (χ0) is 21.9. The summed E-state index contributed by atoms with van der Waals surface area (Å²) in [5, 5.41) is 8.49. The number of aromatic nitrogens is 2. The van der Waals surface area contributed by atoms with Crippen LogP contribution in [0.4, 0.5) is 10.9 Å². The topological polar surface area (TPSA) is 93.2 Å². The van der Waals surface area contributed by atoms with Crippen LogP contribution in [0.3, 0.4) is 0 Å². The van der Waals surface area contributed by atoms with E-state index in [1.165, 1.54) is 0 Å². The van der Waals surface area contributed by atoms with Crippen molar-refractivity contribution in [2.45, 2.75) is 46.6 Å². The third-order valence-corrected chi connectivity index (χ3v) is 5.25. The van der Waals surface area contributed by atoms with Crippen LogP contribution in [0.15, 0.2) is 30.5 Å². The molecule has 3 aromatic rings. The monoisotopic (exact) mass is 426 g/mol. The number of thiazole rings is 1. The second-order valence-corrected chi connectivity index (χ2v) is 9.04. The van der Waals surface area contributed by atoms with Gasteiger partial charge in [-0.1, -0.05) is 29.0 Å². The van der Waals surface area contributed by atoms with Crippen LogP contribution in [-0.4, -0.2) is 34.0 Å². The number of pyridine rings is 1. The van der Waals surface area contributed by atoms with Gasteiger partial charge < -0.3 is 15.4 Å². The van der Waals surface area contributed by atoms with Crippen molar-refractivity contribution in [2.75, 3.05) is 17.2 Å². The van der Waals surface area contributed by atoms with Crippen LogP contribution in [0.2, 0.25) is 0 Å². The molecule has 2 N–H and O–H groups in total. The van der Waals surface area contributed by atoms with Crippen molar-refractivity contribution >= 4 is 44.9 Å². The molecule has 0 saturated carbocycles. The van der Waals surface area contributed by atoms with E-state index in [0.717, 1.165) is 33.5 Å². The molecule has 30 heavy (non-hydrogen) atoms. The summed E-state index contributed by atoms with van der Waals surface area (Å²) in [6, 6.07) is 8.14. The molecule has 0 radical (unpaired) electrons. The van der Waals surface area contributed by atoms with Gasteiger partial charge in [0.05, 0.1) is 5.69 Å². The number of carbonyl (C=O) groups excluding carboxylic acids is 2. The molecule has 0 atom stereocenters. The van der Waals surface area contributed by atoms with E-state index in [4.69, 9.17) is 4.74 Å². The molecule has 0 unspecified atom stereocenters. The molecule has 8 heteroatoms. The van der Waals surface area contributed by atoms with Crippen molar-refractivity contribution in [3.63, 3.8) is 0 Å². The number of ether oxygens (including phenoxy) is 1. The van der Waals surface area contributed by atoms with Gasteiger partial charge in [0.15, 0.2) is 5.13 Å². The zero-order valence-electron chi connectivity index (χ0n) is 17.8. The molecule has 0 bridgehead atoms. The lowest BCUT2D eigenvalue weighted by molar-refractivity contribution is -0.115. The summed E-state index contributed by atoms with van der Waals surface area (Å²) >= 11 is 1.12. The number of benzene rings is 1. The number of amides is 1. The van der Waals surface area contributed by atoms with Crippen LogP contribution in [-0.2, 0) is 9.53 Å². The minimum Gasteiger partial charge on any atom is -0.456 e. The molecule has 0 aliphatic heterocycles. The molecule has 1 aromatic carbocycles. The first-order valence-electron chi connectivity index (χ1n) is 9.72. The molecule has 0 saturated heterocycles. The summed E-state index contributed by atoms with van der Waals surface area (Å²) < 4.78 is 5.38. The van der Waals surface area contributed by atoms with Crippen LogP contribution >= 0.6 is 11.3 Å². The molecule has 1 amide bonds. The molecule has 7 nitrogen and oxygen atoms in total. The Balaban J connectivity index is 1.58. The number of hydrogen-bond donors (Lipinski definition) is 2. The minimum atomic E-state index is -0.587. The number of nitrogens with zero attached hydrogens (tertiary/aromatic N) is 2. The van der Waals surface area contributed by atoms with Crippen molar-refractivity contribution < 1.29 is 14.3 Å². The highest BCUT2D eigenvalue weighted by molar-refractivity contribution is 7.17. The molecule has 0 aliphatic rings. The van der Waals surface area contributed by atoms with Crippen molar-refractivity contribution in [2.24, 2.45) is 0 Å². The number of carbonyl (C=O) groups is 2. The first kappa shape index (κ1) is 21.7. The summed E-state index contributed by atoms with van der Waals surface area (Å²) in [6.45, 7) is 9.61. The van der Waals surface area contributed by atoms with E-state index in [9.17, 15) is 9.59 Å². The average molecular weight is 427 g/mol. The SMILES string of the molecule is Cc1ccc2ccnc(NCCC(=O)Nc3nc(C)c(C(=O)OC(C)(C)C)s3)c2c1. The lowest BCUT2D eigenvalue weighted by atomic mass is 10.1. The number of esters is 1. The van der Waals surface area contributed by atoms with Gasteiger partial charge in [-0.2, -0.15) is 0 Å². The molecule has 0 spiro atoms. The first-order valence-corrected chi connectivity index (χ1v) is 10.5. The van der Waals surface area contributed by atoms with Gasteiger partial charge in [0.2, 0.25) is 5.91 Å². The summed E-state index contributed by atoms with van der Waals surface area (Å²) in [5.74, 6) is 0.127. The first-order chi connectivity index (χ1) is 14.1. The summed E-state index contributed by atoms with van der Waals surface area (Å²) in [6.07, 6.45) is 1.99. The van der Waals surface area contributed by atoms with Gasteiger partial charge in [0.25, 0.3) is 0 Å². The Morgan fingerprint density at radius 3 is 2.67 bits per heavy atom. The molecule has 3 rings (SSSR count). The van der Waals surface area contributed by atoms with E-state index in [2.05, 4.69) is 38.8 Å². The van der Waals surface area contributed by atoms with Crippen molar-refractivity contribution in [3.8, 4) is 0 Å². The quantitative estimate of drug-likeness (QED) is 0.555. The standard InChI is InChI=1S/C22H26N4O3S/c1-13-6-7-15-8-10-23-19(16(15)12-13)24-11-9-17(27)26-21-25-14(2)18(30-21)20(28)29-22(3,4)5/h6-8,10,12H,9,11H2,1-5H3,(H,23,24)(H,25,26,27). The maximum absolute atomic E-state index is 12.3. The largest absolute Gasteiger partial charge is 0.456 e. The zero-order valence-corrected chi connectivity index (χ0v) is 18.6. The number of aryl methyl sites for hydroxylation is 2. The molecular formula is C22H26N4O3S. The Kier molecular flexibility index (Phi) is 6.36. The fraction of sp³-hybridized carbons (Fsp3) is 0.364. The van der Waals surface area contributed by atoms with Crippen LogP contribution in [0.5, 0.6) is 0 Å². The van der Waals surface area contributed by atoms with Crippen LogP contribution in [0.25, 0.3) is 10.8 Å². The van der Waals surface area contributed by atoms with Gasteiger partial charge in [-0.25, -0.2) is 14.8 Å². The van der Waals surface area contributed by atoms with Crippen LogP contribution in [0, 0.1) is 13.8 Å². The van der Waals surface area contributed by atoms with Crippen molar-refractivity contribution in [3.05, 3.63) is 46.6 Å². The summed E-state index contributed by atoms with van der Waals surface area (Å²) in [4.78, 5) is 33.6. The summed E-state index contributed by atoms with van der Waals surface area (Å²) in [7, 11) is 0. The Labute approximate surface area is 179 Å². The average Bonchev–Trinajstić information content (AvgIpc) is 3.01. The number of nitrogens with one attached hydrogen (secondary N) is 2. The van der Waals surface area contributed by atoms with Gasteiger partial charge in [-0.05, 0) is 52.1 Å². The Bertz CT molecular complexity index is 1090. The Hall–Kier alpha value is -3.00. The van der Waals surface area contributed by atoms with Gasteiger partial charge in [0.1, 0.15) is 16.3 Å². The van der Waals surface area contributed by atoms with E-state index in [-0.39, 0.29) is 12.3 Å². The number of hydrogen-bond acceptors (Lipinski definition) is 7. The fourth-order valence-corrected chi connectivity index (χ4v) is 3.72. The van der Waals surface area contributed by atoms with Gasteiger partial charge >= 0.3 is 5.97 Å². The predicted molar refractivity (Wildman–Crippen MR) is 120 cm³/mol. The van der Waals surface area contributed by atoms with Crippen molar-refractivity contribution in [1.29, 1.82) is 0 Å². The highest BCUT2D eigenvalue weighted by Crippen LogP contribution is 2.25. The van der Waals surface area contributed by atoms with E-state index in [1.807, 2.05) is 33.8 Å². The highest BCUT2D eigenvalue weighted by atomic mass is 32.1. The molecule has 2 aromatic heterocycles. The fourth-order valence-electron chi connectivity index (χ4n) is 2.86. The molecule has 0 fully saturated rings. The van der Waals surface area contributed by atoms with E-state index in [0.29, 0.717) is 22.2 Å². The Morgan fingerprint density at radius 1 is 1.17 bits per heavy atom. The molecular weight excluding hydrogens is 400 g/mol. The number of fused-ring (bicyclic) bond motifs is 1. The van der Waals surface area contributed by atoms with Gasteiger partial charge in [0, 0.05) is 24.5 Å². The number of rotatable bonds is 6. The van der Waals surface area contributed by atoms with Crippen LogP contribution in [0.1, 0.15) is 48.1 Å². The third kappa shape index (κ3) is 5.54. The van der Waals surface area contributed by atoms with E-state index >= 15 is 0 Å². The lowest BCUT2D eigenvalue weighted by Gasteiger charge is -2.18. The summed E-state index contributed by atoms with van der Waals surface area (Å²) in [5.41, 5.74) is 1.10. The number of anilines is 2. The maximum Gasteiger partial charge on any atom is 0.350 e. The van der Waals surface area contributed by atoms with Gasteiger partial charge in [-0.15, -0.1) is 0 Å². The third-order valence-electron chi connectivity index (χ3n) is 4.19. The molecule has 158 valence electrons. The molecule has 2 heterocycles. The second-order valence-electron chi connectivity index (χ2n) is 8.04. The van der Waals surface area contributed by atoms with Crippen molar-refractivity contribution in [1.82, 2.24) is 9.97 Å². The second kappa shape index (κ2) is 8.79. The highest BCUT2D eigenvalue weighted by Gasteiger charge is 2.23. The van der Waals surface area contributed by atoms with E-state index < -0.39 is 11.6 Å². The van der Waals surface area contributed by atoms with Crippen LogP contribution < -0.4 is 10.6 Å². The van der Waals surface area contributed by atoms with E-state index in [1.54, 1.807) is 13.1 Å². The Morgan fingerprint density at radius 2 is 1.93 bits per heavy atom. The minimum absolute atomic E-state index is 0.191. The normalized spacial score (nSPS) is 11.4. The molecule has 0 aliphatic carbocycles. The lowest BCUT2D eigenvalue weighted by Crippen LogP contribution is -2.23. The van der Waals surface area contributed by atoms with Gasteiger partial charge in [-0.3, -0.25) is 4.79 Å². The smallest absolute Gasteiger partial charge is 0.350 e.